The van der Waals surface area contributed by atoms with Crippen molar-refractivity contribution in [1.82, 2.24) is 0 Å². The van der Waals surface area contributed by atoms with Gasteiger partial charge in [0.15, 0.2) is 0 Å². The highest BCUT2D eigenvalue weighted by molar-refractivity contribution is 7.21. The predicted molar refractivity (Wildman–Crippen MR) is 115 cm³/mol. The Hall–Kier alpha value is -3.84. The summed E-state index contributed by atoms with van der Waals surface area (Å²) in [7, 11) is 0. The molecule has 0 spiro atoms. The third-order valence-electron chi connectivity index (χ3n) is 4.62. The van der Waals surface area contributed by atoms with Crippen LogP contribution in [-0.2, 0) is 4.79 Å². The third-order valence-corrected chi connectivity index (χ3v) is 5.77. The molecule has 0 saturated carbocycles. The van der Waals surface area contributed by atoms with E-state index >= 15 is 0 Å². The molecule has 0 amide bonds. The standard InChI is InChI=1S/C24H14F2O4S/c25-16-9-15(10-17(26)11-16)23(30)24-22(19-7-6-18(27)12-20(19)31-24)14-4-1-13(2-5-14)3-8-21(28)29/h1-12,27H,(H,28,29)/b8-3+. The lowest BCUT2D eigenvalue weighted by atomic mass is 9.97. The molecule has 1 heterocycles. The summed E-state index contributed by atoms with van der Waals surface area (Å²) in [6.07, 6.45) is 2.46. The second kappa shape index (κ2) is 8.12. The van der Waals surface area contributed by atoms with Gasteiger partial charge >= 0.3 is 5.97 Å². The van der Waals surface area contributed by atoms with Crippen molar-refractivity contribution < 1.29 is 28.6 Å². The van der Waals surface area contributed by atoms with Crippen LogP contribution in [0, 0.1) is 11.6 Å². The first-order valence-electron chi connectivity index (χ1n) is 9.09. The third kappa shape index (κ3) is 4.22. The fraction of sp³-hybridized carbons (Fsp3) is 0. The maximum Gasteiger partial charge on any atom is 0.328 e. The molecule has 0 fully saturated rings. The number of phenols is 1. The molecule has 4 rings (SSSR count). The van der Waals surface area contributed by atoms with Crippen LogP contribution < -0.4 is 0 Å². The summed E-state index contributed by atoms with van der Waals surface area (Å²) in [6.45, 7) is 0. The number of hydrogen-bond acceptors (Lipinski definition) is 4. The Kier molecular flexibility index (Phi) is 5.35. The van der Waals surface area contributed by atoms with Crippen molar-refractivity contribution in [2.24, 2.45) is 0 Å². The summed E-state index contributed by atoms with van der Waals surface area (Å²) in [5.74, 6) is -3.27. The van der Waals surface area contributed by atoms with Gasteiger partial charge in [0.1, 0.15) is 17.4 Å². The monoisotopic (exact) mass is 436 g/mol. The summed E-state index contributed by atoms with van der Waals surface area (Å²) in [5, 5.41) is 19.3. The Morgan fingerprint density at radius 1 is 0.903 bits per heavy atom. The second-order valence-electron chi connectivity index (χ2n) is 6.77. The highest BCUT2D eigenvalue weighted by atomic mass is 32.1. The Morgan fingerprint density at radius 2 is 1.58 bits per heavy atom. The van der Waals surface area contributed by atoms with Crippen LogP contribution in [0.4, 0.5) is 8.78 Å². The minimum absolute atomic E-state index is 0.0326. The van der Waals surface area contributed by atoms with Gasteiger partial charge in [0.2, 0.25) is 5.78 Å². The number of phenolic OH excluding ortho intramolecular Hbond substituents is 1. The SMILES string of the molecule is O=C(O)/C=C/c1ccc(-c2c(C(=O)c3cc(F)cc(F)c3)sc3cc(O)ccc23)cc1. The van der Waals surface area contributed by atoms with E-state index in [1.807, 2.05) is 0 Å². The van der Waals surface area contributed by atoms with Crippen LogP contribution >= 0.6 is 11.3 Å². The maximum absolute atomic E-state index is 13.7. The van der Waals surface area contributed by atoms with E-state index in [0.717, 1.165) is 29.5 Å². The Bertz CT molecular complexity index is 1330. The van der Waals surface area contributed by atoms with Crippen LogP contribution in [0.5, 0.6) is 5.75 Å². The lowest BCUT2D eigenvalue weighted by Gasteiger charge is -2.06. The van der Waals surface area contributed by atoms with E-state index in [0.29, 0.717) is 32.8 Å². The smallest absolute Gasteiger partial charge is 0.328 e. The summed E-state index contributed by atoms with van der Waals surface area (Å²) in [4.78, 5) is 24.2. The summed E-state index contributed by atoms with van der Waals surface area (Å²) >= 11 is 1.12. The molecule has 0 radical (unpaired) electrons. The number of fused-ring (bicyclic) bond motifs is 1. The molecule has 7 heteroatoms. The van der Waals surface area contributed by atoms with Crippen molar-refractivity contribution in [2.45, 2.75) is 0 Å². The zero-order valence-electron chi connectivity index (χ0n) is 15.8. The quantitative estimate of drug-likeness (QED) is 0.303. The molecule has 0 aliphatic heterocycles. The van der Waals surface area contributed by atoms with Crippen LogP contribution in [0.3, 0.4) is 0 Å². The number of carboxylic acid groups (broad SMARTS) is 1. The van der Waals surface area contributed by atoms with Crippen LogP contribution in [0.1, 0.15) is 20.8 Å². The number of rotatable bonds is 5. The zero-order valence-corrected chi connectivity index (χ0v) is 16.6. The van der Waals surface area contributed by atoms with Crippen molar-refractivity contribution in [3.05, 3.63) is 94.4 Å². The zero-order chi connectivity index (χ0) is 22.1. The maximum atomic E-state index is 13.7. The van der Waals surface area contributed by atoms with Gasteiger partial charge in [0.25, 0.3) is 0 Å². The predicted octanol–water partition coefficient (Wildman–Crippen LogP) is 5.88. The second-order valence-corrected chi connectivity index (χ2v) is 7.82. The number of ketones is 1. The minimum atomic E-state index is -1.07. The molecular formula is C24H14F2O4S. The lowest BCUT2D eigenvalue weighted by molar-refractivity contribution is -0.131. The number of aromatic hydroxyl groups is 1. The average molecular weight is 436 g/mol. The molecular weight excluding hydrogens is 422 g/mol. The van der Waals surface area contributed by atoms with E-state index in [9.17, 15) is 23.5 Å². The van der Waals surface area contributed by atoms with Gasteiger partial charge in [-0.1, -0.05) is 24.3 Å². The molecule has 0 aliphatic carbocycles. The molecule has 0 aliphatic rings. The van der Waals surface area contributed by atoms with Gasteiger partial charge in [-0.15, -0.1) is 11.3 Å². The van der Waals surface area contributed by atoms with Gasteiger partial charge < -0.3 is 10.2 Å². The Morgan fingerprint density at radius 3 is 2.23 bits per heavy atom. The summed E-state index contributed by atoms with van der Waals surface area (Å²) in [6, 6.07) is 14.2. The minimum Gasteiger partial charge on any atom is -0.508 e. The summed E-state index contributed by atoms with van der Waals surface area (Å²) < 4.78 is 28.0. The topological polar surface area (TPSA) is 74.6 Å². The van der Waals surface area contributed by atoms with E-state index in [1.165, 1.54) is 18.2 Å². The van der Waals surface area contributed by atoms with Crippen LogP contribution in [-0.4, -0.2) is 22.0 Å². The van der Waals surface area contributed by atoms with Gasteiger partial charge in [-0.3, -0.25) is 4.79 Å². The highest BCUT2D eigenvalue weighted by Crippen LogP contribution is 2.41. The van der Waals surface area contributed by atoms with Crippen molar-refractivity contribution in [3.8, 4) is 16.9 Å². The largest absolute Gasteiger partial charge is 0.508 e. The number of halogens is 2. The molecule has 0 saturated heterocycles. The molecule has 1 aromatic heterocycles. The molecule has 0 unspecified atom stereocenters. The van der Waals surface area contributed by atoms with Crippen molar-refractivity contribution in [1.29, 1.82) is 0 Å². The number of benzene rings is 3. The van der Waals surface area contributed by atoms with Gasteiger partial charge in [0.05, 0.1) is 4.88 Å². The summed E-state index contributed by atoms with van der Waals surface area (Å²) in [5.41, 5.74) is 1.78. The van der Waals surface area contributed by atoms with E-state index < -0.39 is 23.4 Å². The Balaban J connectivity index is 1.87. The molecule has 3 aromatic carbocycles. The molecule has 0 atom stereocenters. The molecule has 154 valence electrons. The van der Waals surface area contributed by atoms with E-state index in [4.69, 9.17) is 5.11 Å². The van der Waals surface area contributed by atoms with Crippen molar-refractivity contribution in [3.63, 3.8) is 0 Å². The van der Waals surface area contributed by atoms with E-state index in [1.54, 1.807) is 30.3 Å². The van der Waals surface area contributed by atoms with Crippen LogP contribution in [0.25, 0.3) is 27.3 Å². The number of hydrogen-bond donors (Lipinski definition) is 2. The fourth-order valence-corrected chi connectivity index (χ4v) is 4.50. The van der Waals surface area contributed by atoms with Crippen molar-refractivity contribution in [2.75, 3.05) is 0 Å². The molecule has 4 aromatic rings. The van der Waals surface area contributed by atoms with Gasteiger partial charge in [0, 0.05) is 33.4 Å². The molecule has 0 bridgehead atoms. The lowest BCUT2D eigenvalue weighted by Crippen LogP contribution is -2.02. The number of carbonyl (C=O) groups excluding carboxylic acids is 1. The Labute approximate surface area is 179 Å². The first kappa shape index (κ1) is 20.4. The number of aliphatic carboxylic acids is 1. The van der Waals surface area contributed by atoms with Gasteiger partial charge in [-0.05, 0) is 47.5 Å². The van der Waals surface area contributed by atoms with E-state index in [2.05, 4.69) is 0 Å². The first-order valence-corrected chi connectivity index (χ1v) is 9.91. The molecule has 2 N–H and O–H groups in total. The highest BCUT2D eigenvalue weighted by Gasteiger charge is 2.22. The van der Waals surface area contributed by atoms with Gasteiger partial charge in [-0.2, -0.15) is 0 Å². The van der Waals surface area contributed by atoms with Gasteiger partial charge in [-0.25, -0.2) is 13.6 Å². The molecule has 31 heavy (non-hydrogen) atoms. The number of carboxylic acids is 1. The molecule has 4 nitrogen and oxygen atoms in total. The van der Waals surface area contributed by atoms with E-state index in [-0.39, 0.29) is 16.2 Å². The fourth-order valence-electron chi connectivity index (χ4n) is 3.28. The number of thiophene rings is 1. The average Bonchev–Trinajstić information content (AvgIpc) is 3.09. The normalized spacial score (nSPS) is 11.3. The van der Waals surface area contributed by atoms with Crippen LogP contribution in [0.2, 0.25) is 0 Å². The number of carbonyl (C=O) groups is 2. The first-order chi connectivity index (χ1) is 14.8. The van der Waals surface area contributed by atoms with Crippen molar-refractivity contribution >= 4 is 39.3 Å². The van der Waals surface area contributed by atoms with Crippen LogP contribution in [0.15, 0.2) is 66.7 Å².